The van der Waals surface area contributed by atoms with Gasteiger partial charge in [-0.25, -0.2) is 0 Å². The first-order valence-corrected chi connectivity index (χ1v) is 9.95. The first-order chi connectivity index (χ1) is 13.1. The normalized spacial score (nSPS) is 21.0. The zero-order valence-electron chi connectivity index (χ0n) is 15.8. The Labute approximate surface area is 159 Å². The predicted molar refractivity (Wildman–Crippen MR) is 101 cm³/mol. The number of hydrogen-bond donors (Lipinski definition) is 0. The van der Waals surface area contributed by atoms with Crippen LogP contribution in [0.25, 0.3) is 0 Å². The number of aryl methyl sites for hydroxylation is 1. The first kappa shape index (κ1) is 19.6. The van der Waals surface area contributed by atoms with Gasteiger partial charge >= 0.3 is 0 Å². The molecule has 7 heteroatoms. The van der Waals surface area contributed by atoms with Crippen molar-refractivity contribution in [2.75, 3.05) is 32.8 Å². The zero-order chi connectivity index (χ0) is 19.1. The smallest absolute Gasteiger partial charge is 0.250 e. The van der Waals surface area contributed by atoms with Crippen molar-refractivity contribution in [2.45, 2.75) is 51.1 Å². The van der Waals surface area contributed by atoms with Crippen LogP contribution in [0.1, 0.15) is 38.5 Å². The maximum Gasteiger partial charge on any atom is 0.250 e. The molecule has 27 heavy (non-hydrogen) atoms. The van der Waals surface area contributed by atoms with Gasteiger partial charge in [-0.3, -0.25) is 14.4 Å². The Kier molecular flexibility index (Phi) is 7.04. The maximum atomic E-state index is 12.7. The van der Waals surface area contributed by atoms with E-state index in [-0.39, 0.29) is 29.8 Å². The second-order valence-corrected chi connectivity index (χ2v) is 7.30. The van der Waals surface area contributed by atoms with Gasteiger partial charge in [0.1, 0.15) is 0 Å². The van der Waals surface area contributed by atoms with Crippen molar-refractivity contribution >= 4 is 11.8 Å². The van der Waals surface area contributed by atoms with Crippen LogP contribution in [0.5, 0.6) is 0 Å². The molecule has 148 valence electrons. The van der Waals surface area contributed by atoms with Gasteiger partial charge in [-0.1, -0.05) is 18.9 Å². The van der Waals surface area contributed by atoms with E-state index in [1.165, 1.54) is 23.5 Å². The standard InChI is InChI=1S/C20H29N3O4/c24-18-7-3-6-11-22(18)12-8-19(25)23-13-14-27-16-17(23)15-20(26)21-9-4-1-2-5-10-21/h3,6-7,11,17H,1-2,4-5,8-10,12-16H2. The van der Waals surface area contributed by atoms with E-state index in [9.17, 15) is 14.4 Å². The molecule has 0 aliphatic carbocycles. The molecule has 0 N–H and O–H groups in total. The van der Waals surface area contributed by atoms with Crippen molar-refractivity contribution in [3.63, 3.8) is 0 Å². The van der Waals surface area contributed by atoms with Crippen molar-refractivity contribution in [3.05, 3.63) is 34.7 Å². The summed E-state index contributed by atoms with van der Waals surface area (Å²) in [5.41, 5.74) is -0.111. The molecule has 0 saturated carbocycles. The van der Waals surface area contributed by atoms with Crippen LogP contribution in [0, 0.1) is 0 Å². The molecule has 3 rings (SSSR count). The van der Waals surface area contributed by atoms with Crippen molar-refractivity contribution in [1.29, 1.82) is 0 Å². The second kappa shape index (κ2) is 9.69. The Morgan fingerprint density at radius 1 is 1.04 bits per heavy atom. The molecular formula is C20H29N3O4. The molecule has 1 aromatic rings. The molecule has 2 fully saturated rings. The topological polar surface area (TPSA) is 71.8 Å². The molecular weight excluding hydrogens is 346 g/mol. The van der Waals surface area contributed by atoms with Gasteiger partial charge < -0.3 is 19.1 Å². The average molecular weight is 375 g/mol. The highest BCUT2D eigenvalue weighted by atomic mass is 16.5. The second-order valence-electron chi connectivity index (χ2n) is 7.30. The number of nitrogens with zero attached hydrogens (tertiary/aromatic N) is 3. The number of carbonyl (C=O) groups excluding carboxylic acids is 2. The molecule has 0 radical (unpaired) electrons. The molecule has 1 aromatic heterocycles. The molecule has 0 aromatic carbocycles. The fourth-order valence-corrected chi connectivity index (χ4v) is 3.81. The van der Waals surface area contributed by atoms with Crippen molar-refractivity contribution in [3.8, 4) is 0 Å². The lowest BCUT2D eigenvalue weighted by molar-refractivity contribution is -0.144. The SMILES string of the molecule is O=C(CC1COCCN1C(=O)CCn1ccccc1=O)N1CCCCCC1. The monoisotopic (exact) mass is 375 g/mol. The summed E-state index contributed by atoms with van der Waals surface area (Å²) in [6, 6.07) is 4.74. The lowest BCUT2D eigenvalue weighted by atomic mass is 10.1. The minimum Gasteiger partial charge on any atom is -0.377 e. The van der Waals surface area contributed by atoms with Gasteiger partial charge in [0.25, 0.3) is 5.56 Å². The number of carbonyl (C=O) groups is 2. The third-order valence-electron chi connectivity index (χ3n) is 5.38. The minimum absolute atomic E-state index is 0.0253. The van der Waals surface area contributed by atoms with Crippen molar-refractivity contribution in [2.24, 2.45) is 0 Å². The highest BCUT2D eigenvalue weighted by molar-refractivity contribution is 5.80. The largest absolute Gasteiger partial charge is 0.377 e. The van der Waals surface area contributed by atoms with Crippen LogP contribution in [0.2, 0.25) is 0 Å². The Morgan fingerprint density at radius 2 is 1.81 bits per heavy atom. The minimum atomic E-state index is -0.213. The number of likely N-dealkylation sites (tertiary alicyclic amines) is 1. The van der Waals surface area contributed by atoms with Gasteiger partial charge in [0.2, 0.25) is 11.8 Å². The number of morpholine rings is 1. The molecule has 1 atom stereocenters. The number of pyridine rings is 1. The molecule has 2 amide bonds. The summed E-state index contributed by atoms with van der Waals surface area (Å²) in [5, 5.41) is 0. The number of ether oxygens (including phenoxy) is 1. The van der Waals surface area contributed by atoms with Gasteiger partial charge in [-0.05, 0) is 18.9 Å². The number of aromatic nitrogens is 1. The van der Waals surface area contributed by atoms with E-state index in [0.29, 0.717) is 32.7 Å². The summed E-state index contributed by atoms with van der Waals surface area (Å²) in [6.07, 6.45) is 6.73. The summed E-state index contributed by atoms with van der Waals surface area (Å²) in [6.45, 7) is 3.37. The lowest BCUT2D eigenvalue weighted by Gasteiger charge is -2.36. The van der Waals surface area contributed by atoms with E-state index >= 15 is 0 Å². The van der Waals surface area contributed by atoms with Gasteiger partial charge in [-0.2, -0.15) is 0 Å². The van der Waals surface area contributed by atoms with Crippen LogP contribution in [0.3, 0.4) is 0 Å². The van der Waals surface area contributed by atoms with Gasteiger partial charge in [-0.15, -0.1) is 0 Å². The number of amides is 2. The highest BCUT2D eigenvalue weighted by Crippen LogP contribution is 2.16. The average Bonchev–Trinajstić information content (AvgIpc) is 2.97. The number of hydrogen-bond acceptors (Lipinski definition) is 4. The fraction of sp³-hybridized carbons (Fsp3) is 0.650. The van der Waals surface area contributed by atoms with Gasteiger partial charge in [0, 0.05) is 51.3 Å². The first-order valence-electron chi connectivity index (χ1n) is 9.95. The Morgan fingerprint density at radius 3 is 2.56 bits per heavy atom. The van der Waals surface area contributed by atoms with Crippen LogP contribution in [-0.4, -0.2) is 65.1 Å². The molecule has 7 nitrogen and oxygen atoms in total. The van der Waals surface area contributed by atoms with Crippen molar-refractivity contribution in [1.82, 2.24) is 14.4 Å². The van der Waals surface area contributed by atoms with E-state index in [1.807, 2.05) is 4.90 Å². The quantitative estimate of drug-likeness (QED) is 0.777. The molecule has 2 aliphatic heterocycles. The molecule has 0 bridgehead atoms. The summed E-state index contributed by atoms with van der Waals surface area (Å²) in [5.74, 6) is 0.0900. The third kappa shape index (κ3) is 5.42. The van der Waals surface area contributed by atoms with Crippen LogP contribution in [0.4, 0.5) is 0 Å². The third-order valence-corrected chi connectivity index (χ3v) is 5.38. The maximum absolute atomic E-state index is 12.7. The van der Waals surface area contributed by atoms with Gasteiger partial charge in [0.15, 0.2) is 0 Å². The summed E-state index contributed by atoms with van der Waals surface area (Å²) < 4.78 is 7.07. The van der Waals surface area contributed by atoms with E-state index in [1.54, 1.807) is 23.2 Å². The Balaban J connectivity index is 1.57. The molecule has 2 saturated heterocycles. The summed E-state index contributed by atoms with van der Waals surface area (Å²) >= 11 is 0. The van der Waals surface area contributed by atoms with E-state index in [2.05, 4.69) is 0 Å². The highest BCUT2D eigenvalue weighted by Gasteiger charge is 2.30. The van der Waals surface area contributed by atoms with Crippen molar-refractivity contribution < 1.29 is 14.3 Å². The molecule has 0 spiro atoms. The van der Waals surface area contributed by atoms with E-state index in [4.69, 9.17) is 4.74 Å². The summed E-state index contributed by atoms with van der Waals surface area (Å²) in [4.78, 5) is 40.9. The number of rotatable bonds is 5. The molecule has 1 unspecified atom stereocenters. The van der Waals surface area contributed by atoms with Crippen LogP contribution < -0.4 is 5.56 Å². The Hall–Kier alpha value is -2.15. The Bertz CT molecular complexity index is 694. The summed E-state index contributed by atoms with van der Waals surface area (Å²) in [7, 11) is 0. The zero-order valence-corrected chi connectivity index (χ0v) is 15.8. The van der Waals surface area contributed by atoms with Crippen LogP contribution in [-0.2, 0) is 20.9 Å². The van der Waals surface area contributed by atoms with E-state index in [0.717, 1.165) is 25.9 Å². The van der Waals surface area contributed by atoms with Crippen LogP contribution in [0.15, 0.2) is 29.2 Å². The van der Waals surface area contributed by atoms with Crippen LogP contribution >= 0.6 is 0 Å². The predicted octanol–water partition coefficient (Wildman–Crippen LogP) is 1.26. The molecule has 2 aliphatic rings. The lowest BCUT2D eigenvalue weighted by Crippen LogP contribution is -2.51. The fourth-order valence-electron chi connectivity index (χ4n) is 3.81. The molecule has 3 heterocycles. The van der Waals surface area contributed by atoms with Gasteiger partial charge in [0.05, 0.1) is 19.3 Å². The van der Waals surface area contributed by atoms with E-state index < -0.39 is 0 Å².